The predicted molar refractivity (Wildman–Crippen MR) is 94.2 cm³/mol. The molecule has 0 saturated heterocycles. The lowest BCUT2D eigenvalue weighted by Gasteiger charge is -2.04. The minimum Gasteiger partial charge on any atom is -0.305 e. The summed E-state index contributed by atoms with van der Waals surface area (Å²) in [5.74, 6) is 1.80. The van der Waals surface area contributed by atoms with Gasteiger partial charge in [0, 0.05) is 23.3 Å². The largest absolute Gasteiger partial charge is 0.305 e. The molecule has 0 spiro atoms. The van der Waals surface area contributed by atoms with E-state index in [2.05, 4.69) is 57.4 Å². The van der Waals surface area contributed by atoms with Crippen molar-refractivity contribution in [2.45, 2.75) is 15.8 Å². The number of benzene rings is 2. The van der Waals surface area contributed by atoms with Crippen molar-refractivity contribution < 1.29 is 0 Å². The standard InChI is InChI=1S/C17H17N3S2/c1-20-16(14-6-4-3-5-7-14)18-19-17(20)22-12-13-8-10-15(21-2)11-9-13/h3-11H,12H2,1-2H3. The first-order chi connectivity index (χ1) is 10.8. The second kappa shape index (κ2) is 7.03. The van der Waals surface area contributed by atoms with Crippen LogP contribution in [0.2, 0.25) is 0 Å². The first-order valence-corrected chi connectivity index (χ1v) is 9.19. The van der Waals surface area contributed by atoms with E-state index in [1.165, 1.54) is 10.5 Å². The van der Waals surface area contributed by atoms with Gasteiger partial charge >= 0.3 is 0 Å². The predicted octanol–water partition coefficient (Wildman–Crippen LogP) is 4.50. The molecule has 0 amide bonds. The van der Waals surface area contributed by atoms with Crippen LogP contribution in [0.1, 0.15) is 5.56 Å². The Morgan fingerprint density at radius 1 is 0.955 bits per heavy atom. The van der Waals surface area contributed by atoms with E-state index in [1.54, 1.807) is 23.5 Å². The lowest BCUT2D eigenvalue weighted by Crippen LogP contribution is -1.94. The lowest BCUT2D eigenvalue weighted by atomic mass is 10.2. The maximum Gasteiger partial charge on any atom is 0.191 e. The summed E-state index contributed by atoms with van der Waals surface area (Å²) in [5.41, 5.74) is 2.39. The van der Waals surface area contributed by atoms with Gasteiger partial charge in [0.2, 0.25) is 0 Å². The molecule has 0 aliphatic carbocycles. The van der Waals surface area contributed by atoms with Gasteiger partial charge in [0.25, 0.3) is 0 Å². The van der Waals surface area contributed by atoms with Gasteiger partial charge in [-0.05, 0) is 24.0 Å². The minimum absolute atomic E-state index is 0.898. The van der Waals surface area contributed by atoms with E-state index >= 15 is 0 Å². The Hall–Kier alpha value is -1.72. The first-order valence-electron chi connectivity index (χ1n) is 6.98. The third kappa shape index (κ3) is 3.36. The molecule has 0 unspecified atom stereocenters. The van der Waals surface area contributed by atoms with Crippen molar-refractivity contribution in [1.29, 1.82) is 0 Å². The van der Waals surface area contributed by atoms with E-state index in [1.807, 2.05) is 25.2 Å². The van der Waals surface area contributed by atoms with Crippen LogP contribution in [0, 0.1) is 0 Å². The van der Waals surface area contributed by atoms with Crippen molar-refractivity contribution in [2.75, 3.05) is 6.26 Å². The number of hydrogen-bond donors (Lipinski definition) is 0. The molecule has 3 aromatic rings. The summed E-state index contributed by atoms with van der Waals surface area (Å²) in [6.45, 7) is 0. The summed E-state index contributed by atoms with van der Waals surface area (Å²) in [6, 6.07) is 18.8. The molecule has 2 aromatic carbocycles. The molecule has 0 saturated carbocycles. The molecule has 0 atom stereocenters. The number of rotatable bonds is 5. The Morgan fingerprint density at radius 3 is 2.36 bits per heavy atom. The zero-order chi connectivity index (χ0) is 15.4. The average Bonchev–Trinajstić information content (AvgIpc) is 2.95. The van der Waals surface area contributed by atoms with Crippen molar-refractivity contribution in [2.24, 2.45) is 7.05 Å². The highest BCUT2D eigenvalue weighted by molar-refractivity contribution is 7.98. The van der Waals surface area contributed by atoms with E-state index in [4.69, 9.17) is 0 Å². The van der Waals surface area contributed by atoms with Gasteiger partial charge in [0.15, 0.2) is 11.0 Å². The highest BCUT2D eigenvalue weighted by atomic mass is 32.2. The lowest BCUT2D eigenvalue weighted by molar-refractivity contribution is 0.794. The van der Waals surface area contributed by atoms with Gasteiger partial charge in [-0.2, -0.15) is 0 Å². The Labute approximate surface area is 139 Å². The van der Waals surface area contributed by atoms with Crippen LogP contribution < -0.4 is 0 Å². The highest BCUT2D eigenvalue weighted by Gasteiger charge is 2.10. The average molecular weight is 327 g/mol. The van der Waals surface area contributed by atoms with E-state index in [0.717, 1.165) is 22.3 Å². The van der Waals surface area contributed by atoms with E-state index in [9.17, 15) is 0 Å². The summed E-state index contributed by atoms with van der Waals surface area (Å²) in [4.78, 5) is 1.29. The number of aromatic nitrogens is 3. The molecule has 1 heterocycles. The summed E-state index contributed by atoms with van der Waals surface area (Å²) in [5, 5.41) is 9.56. The van der Waals surface area contributed by atoms with Gasteiger partial charge in [-0.15, -0.1) is 22.0 Å². The Bertz CT molecular complexity index is 736. The van der Waals surface area contributed by atoms with E-state index in [0.29, 0.717) is 0 Å². The molecule has 0 N–H and O–H groups in total. The second-order valence-electron chi connectivity index (χ2n) is 4.87. The molecule has 0 fully saturated rings. The van der Waals surface area contributed by atoms with Gasteiger partial charge in [0.05, 0.1) is 0 Å². The normalized spacial score (nSPS) is 10.8. The summed E-state index contributed by atoms with van der Waals surface area (Å²) >= 11 is 3.47. The van der Waals surface area contributed by atoms with Crippen LogP contribution in [0.25, 0.3) is 11.4 Å². The van der Waals surface area contributed by atoms with Crippen molar-refractivity contribution in [1.82, 2.24) is 14.8 Å². The van der Waals surface area contributed by atoms with Crippen LogP contribution in [-0.4, -0.2) is 21.0 Å². The fourth-order valence-corrected chi connectivity index (χ4v) is 3.42. The molecule has 3 rings (SSSR count). The maximum absolute atomic E-state index is 4.31. The van der Waals surface area contributed by atoms with Crippen LogP contribution in [0.3, 0.4) is 0 Å². The molecule has 0 bridgehead atoms. The van der Waals surface area contributed by atoms with Crippen molar-refractivity contribution >= 4 is 23.5 Å². The molecule has 22 heavy (non-hydrogen) atoms. The molecule has 5 heteroatoms. The third-order valence-corrected chi connectivity index (χ3v) is 5.23. The number of hydrogen-bond acceptors (Lipinski definition) is 4. The zero-order valence-electron chi connectivity index (χ0n) is 12.6. The first kappa shape index (κ1) is 15.2. The van der Waals surface area contributed by atoms with Gasteiger partial charge in [0.1, 0.15) is 0 Å². The number of nitrogens with zero attached hydrogens (tertiary/aromatic N) is 3. The van der Waals surface area contributed by atoms with Gasteiger partial charge in [-0.3, -0.25) is 0 Å². The molecule has 112 valence electrons. The van der Waals surface area contributed by atoms with E-state index < -0.39 is 0 Å². The smallest absolute Gasteiger partial charge is 0.191 e. The van der Waals surface area contributed by atoms with Crippen LogP contribution in [0.4, 0.5) is 0 Å². The van der Waals surface area contributed by atoms with Crippen molar-refractivity contribution in [3.8, 4) is 11.4 Å². The monoisotopic (exact) mass is 327 g/mol. The molecule has 0 aliphatic heterocycles. The molecular formula is C17H17N3S2. The molecule has 0 radical (unpaired) electrons. The molecule has 0 aliphatic rings. The van der Waals surface area contributed by atoms with Crippen LogP contribution >= 0.6 is 23.5 Å². The minimum atomic E-state index is 0.898. The maximum atomic E-state index is 4.31. The van der Waals surface area contributed by atoms with Gasteiger partial charge < -0.3 is 4.57 Å². The third-order valence-electron chi connectivity index (χ3n) is 3.39. The van der Waals surface area contributed by atoms with Crippen molar-refractivity contribution in [3.63, 3.8) is 0 Å². The van der Waals surface area contributed by atoms with Crippen LogP contribution in [-0.2, 0) is 12.8 Å². The van der Waals surface area contributed by atoms with Gasteiger partial charge in [-0.1, -0.05) is 54.2 Å². The quantitative estimate of drug-likeness (QED) is 0.646. The van der Waals surface area contributed by atoms with Crippen LogP contribution in [0.5, 0.6) is 0 Å². The fourth-order valence-electron chi connectivity index (χ4n) is 2.15. The second-order valence-corrected chi connectivity index (χ2v) is 6.69. The summed E-state index contributed by atoms with van der Waals surface area (Å²) in [7, 11) is 2.02. The topological polar surface area (TPSA) is 30.7 Å². The number of thioether (sulfide) groups is 2. The zero-order valence-corrected chi connectivity index (χ0v) is 14.2. The Kier molecular flexibility index (Phi) is 4.85. The molecular weight excluding hydrogens is 310 g/mol. The molecule has 3 nitrogen and oxygen atoms in total. The molecule has 1 aromatic heterocycles. The fraction of sp³-hybridized carbons (Fsp3) is 0.176. The summed E-state index contributed by atoms with van der Waals surface area (Å²) in [6.07, 6.45) is 2.09. The Morgan fingerprint density at radius 2 is 1.68 bits per heavy atom. The van der Waals surface area contributed by atoms with Gasteiger partial charge in [-0.25, -0.2) is 0 Å². The SMILES string of the molecule is CSc1ccc(CSc2nnc(-c3ccccc3)n2C)cc1. The van der Waals surface area contributed by atoms with E-state index in [-0.39, 0.29) is 0 Å². The van der Waals surface area contributed by atoms with Crippen molar-refractivity contribution in [3.05, 3.63) is 60.2 Å². The Balaban J connectivity index is 1.72. The van der Waals surface area contributed by atoms with Crippen LogP contribution in [0.15, 0.2) is 64.6 Å². The summed E-state index contributed by atoms with van der Waals surface area (Å²) < 4.78 is 2.05. The highest BCUT2D eigenvalue weighted by Crippen LogP contribution is 2.25.